The number of benzene rings is 4. The number of para-hydroxylation sites is 1. The summed E-state index contributed by atoms with van der Waals surface area (Å²) in [5.41, 5.74) is 5.74. The number of nitrogens with one attached hydrogen (secondary N) is 1. The molecule has 8 nitrogen and oxygen atoms in total. The fourth-order valence-corrected chi connectivity index (χ4v) is 8.93. The molecule has 2 saturated heterocycles. The van der Waals surface area contributed by atoms with Gasteiger partial charge in [0.05, 0.1) is 34.5 Å². The zero-order chi connectivity index (χ0) is 33.3. The molecule has 8 rings (SSSR count). The molecule has 3 fully saturated rings. The normalized spacial score (nSPS) is 27.8. The van der Waals surface area contributed by atoms with Gasteiger partial charge in [0.25, 0.3) is 11.8 Å². The molecule has 6 atom stereocenters. The third-order valence-corrected chi connectivity index (χ3v) is 11.3. The molecule has 1 saturated carbocycles. The molecule has 2 aliphatic heterocycles. The Kier molecular flexibility index (Phi) is 7.14. The molecule has 0 aromatic heterocycles. The van der Waals surface area contributed by atoms with Gasteiger partial charge in [-0.15, -0.1) is 0 Å². The summed E-state index contributed by atoms with van der Waals surface area (Å²) in [5.74, 6) is -4.91. The van der Waals surface area contributed by atoms with Crippen LogP contribution in [-0.2, 0) is 24.6 Å². The van der Waals surface area contributed by atoms with Gasteiger partial charge in [-0.3, -0.25) is 29.5 Å². The largest absolute Gasteiger partial charge is 0.508 e. The van der Waals surface area contributed by atoms with Crippen LogP contribution in [0.5, 0.6) is 5.75 Å². The number of carbonyl (C=O) groups excluding carboxylic acids is 4. The number of carbonyl (C=O) groups is 4. The van der Waals surface area contributed by atoms with E-state index >= 15 is 4.79 Å². The van der Waals surface area contributed by atoms with Gasteiger partial charge in [0.15, 0.2) is 0 Å². The third-order valence-electron chi connectivity index (χ3n) is 10.7. The molecule has 4 amide bonds. The summed E-state index contributed by atoms with van der Waals surface area (Å²) >= 11 is 3.43. The van der Waals surface area contributed by atoms with E-state index in [0.717, 1.165) is 20.6 Å². The molecule has 0 spiro atoms. The van der Waals surface area contributed by atoms with E-state index in [1.54, 1.807) is 42.5 Å². The molecule has 4 aliphatic rings. The van der Waals surface area contributed by atoms with Crippen molar-refractivity contribution in [3.63, 3.8) is 0 Å². The average molecular weight is 703 g/mol. The minimum absolute atomic E-state index is 0.00395. The van der Waals surface area contributed by atoms with Crippen molar-refractivity contribution in [1.82, 2.24) is 5.01 Å². The lowest BCUT2D eigenvalue weighted by atomic mass is 9.49. The molecule has 2 heterocycles. The summed E-state index contributed by atoms with van der Waals surface area (Å²) in [6, 6.07) is 30.7. The Bertz CT molecular complexity index is 2010. The molecule has 4 aromatic rings. The number of aromatic hydroxyl groups is 1. The zero-order valence-corrected chi connectivity index (χ0v) is 27.6. The fourth-order valence-electron chi connectivity index (χ4n) is 8.67. The average Bonchev–Trinajstić information content (AvgIpc) is 3.48. The number of anilines is 2. The predicted molar refractivity (Wildman–Crippen MR) is 184 cm³/mol. The Labute approximate surface area is 286 Å². The predicted octanol–water partition coefficient (Wildman–Crippen LogP) is 6.65. The van der Waals surface area contributed by atoms with Crippen LogP contribution in [0.4, 0.5) is 11.4 Å². The van der Waals surface area contributed by atoms with E-state index in [2.05, 4.69) is 21.4 Å². The second-order valence-corrected chi connectivity index (χ2v) is 14.1. The first-order chi connectivity index (χ1) is 23.2. The van der Waals surface area contributed by atoms with Crippen LogP contribution < -0.4 is 10.3 Å². The fraction of sp³-hybridized carbons (Fsp3) is 0.231. The topological polar surface area (TPSA) is 107 Å². The number of hydrogen-bond acceptors (Lipinski definition) is 6. The Morgan fingerprint density at radius 2 is 1.48 bits per heavy atom. The van der Waals surface area contributed by atoms with E-state index in [0.29, 0.717) is 28.9 Å². The van der Waals surface area contributed by atoms with Crippen molar-refractivity contribution in [3.05, 3.63) is 136 Å². The standard InChI is InChI=1S/C39H32BrN3O5/c1-22-11-15-25(16-12-22)41-43-36(46)31-21-30-27(19-20-29-33(30)37(47)42(35(29)45)26-17-13-24(40)14-18-26)34(28-9-5-6-10-32(28)44)39(31,38(43)48)23-7-3-2-4-8-23/h2-19,29-31,33-34,41,44H,20-21H2,1H3/t29-,30+,31-,33-,34+,39+/m0/s1. The van der Waals surface area contributed by atoms with Crippen molar-refractivity contribution in [2.24, 2.45) is 23.7 Å². The molecule has 2 aliphatic carbocycles. The van der Waals surface area contributed by atoms with Gasteiger partial charge in [0.1, 0.15) is 5.75 Å². The number of aryl methyl sites for hydroxylation is 1. The van der Waals surface area contributed by atoms with Crippen LogP contribution in [0.1, 0.15) is 35.4 Å². The molecule has 0 bridgehead atoms. The van der Waals surface area contributed by atoms with Crippen molar-refractivity contribution in [2.45, 2.75) is 31.1 Å². The SMILES string of the molecule is Cc1ccc(NN2C(=O)[C@@H]3C[C@@H]4C(=CC[C@@H]5C(=O)N(c6ccc(Br)cc6)C(=O)[C@@H]54)[C@H](c4ccccc4O)[C@]3(c3ccccc3)C2=O)cc1. The maximum atomic E-state index is 15.1. The maximum absolute atomic E-state index is 15.1. The number of allylic oxidation sites excluding steroid dienone is 2. The van der Waals surface area contributed by atoms with Crippen molar-refractivity contribution >= 4 is 50.9 Å². The number of rotatable bonds is 5. The van der Waals surface area contributed by atoms with Gasteiger partial charge in [-0.1, -0.05) is 93.8 Å². The van der Waals surface area contributed by atoms with E-state index in [4.69, 9.17) is 0 Å². The Balaban J connectivity index is 1.31. The second-order valence-electron chi connectivity index (χ2n) is 13.1. The molecule has 0 radical (unpaired) electrons. The summed E-state index contributed by atoms with van der Waals surface area (Å²) in [7, 11) is 0. The van der Waals surface area contributed by atoms with Crippen molar-refractivity contribution in [1.29, 1.82) is 0 Å². The number of hydrazine groups is 1. The first-order valence-electron chi connectivity index (χ1n) is 16.1. The third kappa shape index (κ3) is 4.33. The van der Waals surface area contributed by atoms with E-state index in [-0.39, 0.29) is 24.0 Å². The lowest BCUT2D eigenvalue weighted by molar-refractivity contribution is -0.138. The van der Waals surface area contributed by atoms with E-state index in [9.17, 15) is 19.5 Å². The molecule has 48 heavy (non-hydrogen) atoms. The molecular formula is C39H32BrN3O5. The van der Waals surface area contributed by atoms with Crippen molar-refractivity contribution in [2.75, 3.05) is 10.3 Å². The Hall–Kier alpha value is -5.02. The zero-order valence-electron chi connectivity index (χ0n) is 26.0. The maximum Gasteiger partial charge on any atom is 0.260 e. The first-order valence-corrected chi connectivity index (χ1v) is 16.9. The summed E-state index contributed by atoms with van der Waals surface area (Å²) in [6.45, 7) is 1.96. The number of fused-ring (bicyclic) bond motifs is 4. The lowest BCUT2D eigenvalue weighted by Crippen LogP contribution is -2.53. The summed E-state index contributed by atoms with van der Waals surface area (Å²) in [5, 5.41) is 12.5. The van der Waals surface area contributed by atoms with Crippen molar-refractivity contribution < 1.29 is 24.3 Å². The molecule has 0 unspecified atom stereocenters. The van der Waals surface area contributed by atoms with Gasteiger partial charge in [0.2, 0.25) is 11.8 Å². The van der Waals surface area contributed by atoms with Crippen LogP contribution in [0.2, 0.25) is 0 Å². The van der Waals surface area contributed by atoms with E-state index in [1.165, 1.54) is 4.90 Å². The highest BCUT2D eigenvalue weighted by Gasteiger charge is 2.70. The van der Waals surface area contributed by atoms with E-state index < -0.39 is 46.8 Å². The monoisotopic (exact) mass is 701 g/mol. The Morgan fingerprint density at radius 3 is 2.19 bits per heavy atom. The summed E-state index contributed by atoms with van der Waals surface area (Å²) < 4.78 is 0.829. The van der Waals surface area contributed by atoms with Gasteiger partial charge in [-0.25, -0.2) is 0 Å². The molecule has 4 aromatic carbocycles. The van der Waals surface area contributed by atoms with Crippen LogP contribution in [0.3, 0.4) is 0 Å². The van der Waals surface area contributed by atoms with Gasteiger partial charge in [0, 0.05) is 16.0 Å². The highest BCUT2D eigenvalue weighted by molar-refractivity contribution is 9.10. The number of amides is 4. The number of imide groups is 2. The van der Waals surface area contributed by atoms with Gasteiger partial charge in [-0.05, 0) is 73.7 Å². The highest BCUT2D eigenvalue weighted by Crippen LogP contribution is 2.65. The van der Waals surface area contributed by atoms with Crippen LogP contribution in [0.25, 0.3) is 0 Å². The minimum atomic E-state index is -1.43. The smallest absolute Gasteiger partial charge is 0.260 e. The molecule has 2 N–H and O–H groups in total. The quantitative estimate of drug-likeness (QED) is 0.178. The number of nitrogens with zero attached hydrogens (tertiary/aromatic N) is 2. The van der Waals surface area contributed by atoms with Crippen LogP contribution in [-0.4, -0.2) is 33.7 Å². The first kappa shape index (κ1) is 30.3. The van der Waals surface area contributed by atoms with Gasteiger partial charge < -0.3 is 5.11 Å². The Morgan fingerprint density at radius 1 is 0.792 bits per heavy atom. The number of halogens is 1. The van der Waals surface area contributed by atoms with Crippen LogP contribution in [0, 0.1) is 30.6 Å². The van der Waals surface area contributed by atoms with Crippen molar-refractivity contribution in [3.8, 4) is 5.75 Å². The number of phenolic OH excluding ortho intramolecular Hbond substituents is 1. The molecular weight excluding hydrogens is 670 g/mol. The number of phenols is 1. The summed E-state index contributed by atoms with van der Waals surface area (Å²) in [4.78, 5) is 59.4. The highest BCUT2D eigenvalue weighted by atomic mass is 79.9. The lowest BCUT2D eigenvalue weighted by Gasteiger charge is -2.50. The number of hydrogen-bond donors (Lipinski definition) is 2. The summed E-state index contributed by atoms with van der Waals surface area (Å²) in [6.07, 6.45) is 2.49. The van der Waals surface area contributed by atoms with E-state index in [1.807, 2.05) is 73.7 Å². The van der Waals surface area contributed by atoms with Crippen LogP contribution >= 0.6 is 15.9 Å². The van der Waals surface area contributed by atoms with Gasteiger partial charge in [-0.2, -0.15) is 5.01 Å². The molecule has 240 valence electrons. The molecule has 9 heteroatoms. The van der Waals surface area contributed by atoms with Crippen LogP contribution in [0.15, 0.2) is 119 Å². The second kappa shape index (κ2) is 11.3. The van der Waals surface area contributed by atoms with Gasteiger partial charge >= 0.3 is 0 Å². The minimum Gasteiger partial charge on any atom is -0.508 e.